The summed E-state index contributed by atoms with van der Waals surface area (Å²) in [6.07, 6.45) is 0.600. The van der Waals surface area contributed by atoms with E-state index in [1.807, 2.05) is 24.3 Å². The third-order valence-corrected chi connectivity index (χ3v) is 4.97. The van der Waals surface area contributed by atoms with Crippen molar-refractivity contribution in [2.24, 2.45) is 5.92 Å². The molecule has 0 bridgehead atoms. The molecule has 1 aliphatic heterocycles. The van der Waals surface area contributed by atoms with Crippen LogP contribution in [0.2, 0.25) is 0 Å². The molecule has 22 heavy (non-hydrogen) atoms. The number of ether oxygens (including phenoxy) is 1. The number of hydrogen-bond donors (Lipinski definition) is 2. The number of thiophene rings is 1. The first-order valence-corrected chi connectivity index (χ1v) is 8.30. The van der Waals surface area contributed by atoms with Gasteiger partial charge in [-0.1, -0.05) is 18.2 Å². The van der Waals surface area contributed by atoms with Crippen LogP contribution in [0.5, 0.6) is 5.75 Å². The summed E-state index contributed by atoms with van der Waals surface area (Å²) in [6, 6.07) is 11.1. The van der Waals surface area contributed by atoms with Gasteiger partial charge in [-0.25, -0.2) is 0 Å². The second-order valence-electron chi connectivity index (χ2n) is 4.87. The van der Waals surface area contributed by atoms with Crippen molar-refractivity contribution in [2.75, 3.05) is 6.61 Å². The Hall–Kier alpha value is -1.86. The molecule has 3 rings (SSSR count). The molecule has 2 amide bonds. The van der Waals surface area contributed by atoms with Crippen molar-refractivity contribution in [1.82, 2.24) is 10.9 Å². The van der Waals surface area contributed by atoms with E-state index < -0.39 is 0 Å². The van der Waals surface area contributed by atoms with Crippen LogP contribution in [-0.4, -0.2) is 18.4 Å². The number of nitrogens with one attached hydrogen (secondary N) is 2. The van der Waals surface area contributed by atoms with E-state index >= 15 is 0 Å². The van der Waals surface area contributed by atoms with E-state index in [2.05, 4.69) is 26.8 Å². The minimum absolute atomic E-state index is 0.251. The summed E-state index contributed by atoms with van der Waals surface area (Å²) in [5.41, 5.74) is 5.89. The van der Waals surface area contributed by atoms with Gasteiger partial charge in [0.25, 0.3) is 5.91 Å². The summed E-state index contributed by atoms with van der Waals surface area (Å²) in [5.74, 6) is -0.0797. The number of hydrogen-bond acceptors (Lipinski definition) is 4. The third kappa shape index (κ3) is 3.31. The first kappa shape index (κ1) is 15.1. The molecule has 0 fully saturated rings. The summed E-state index contributed by atoms with van der Waals surface area (Å²) < 4.78 is 6.44. The number of halogens is 1. The molecule has 0 saturated heterocycles. The number of rotatable bonds is 2. The SMILES string of the molecule is O=C(NNC(=O)C1COc2ccccc2C1)c1ccc(Br)s1. The minimum atomic E-state index is -0.332. The van der Waals surface area contributed by atoms with Crippen LogP contribution in [0.3, 0.4) is 0 Å². The van der Waals surface area contributed by atoms with Crippen molar-refractivity contribution in [3.05, 3.63) is 50.6 Å². The lowest BCUT2D eigenvalue weighted by Crippen LogP contribution is -2.46. The number of fused-ring (bicyclic) bond motifs is 1. The molecule has 0 spiro atoms. The van der Waals surface area contributed by atoms with Gasteiger partial charge in [-0.2, -0.15) is 0 Å². The molecule has 5 nitrogen and oxygen atoms in total. The predicted octanol–water partition coefficient (Wildman–Crippen LogP) is 2.52. The van der Waals surface area contributed by atoms with Crippen LogP contribution < -0.4 is 15.6 Å². The molecule has 1 aliphatic rings. The normalized spacial score (nSPS) is 16.3. The van der Waals surface area contributed by atoms with E-state index in [0.29, 0.717) is 17.9 Å². The summed E-state index contributed by atoms with van der Waals surface area (Å²) >= 11 is 4.60. The fourth-order valence-electron chi connectivity index (χ4n) is 2.21. The number of para-hydroxylation sites is 1. The van der Waals surface area contributed by atoms with Gasteiger partial charge in [0.15, 0.2) is 0 Å². The molecule has 0 radical (unpaired) electrons. The maximum atomic E-state index is 12.1. The molecule has 114 valence electrons. The zero-order valence-electron chi connectivity index (χ0n) is 11.5. The largest absolute Gasteiger partial charge is 0.492 e. The topological polar surface area (TPSA) is 67.4 Å². The number of benzene rings is 1. The van der Waals surface area contributed by atoms with Gasteiger partial charge in [-0.15, -0.1) is 11.3 Å². The summed E-state index contributed by atoms with van der Waals surface area (Å²) in [6.45, 7) is 0.309. The summed E-state index contributed by atoms with van der Waals surface area (Å²) in [4.78, 5) is 24.5. The number of hydrazine groups is 1. The second kappa shape index (κ2) is 6.50. The fourth-order valence-corrected chi connectivity index (χ4v) is 3.50. The minimum Gasteiger partial charge on any atom is -0.492 e. The monoisotopic (exact) mass is 380 g/mol. The molecule has 2 N–H and O–H groups in total. The van der Waals surface area contributed by atoms with Crippen molar-refractivity contribution in [1.29, 1.82) is 0 Å². The van der Waals surface area contributed by atoms with Gasteiger partial charge < -0.3 is 4.74 Å². The predicted molar refractivity (Wildman–Crippen MR) is 86.8 cm³/mol. The third-order valence-electron chi connectivity index (χ3n) is 3.35. The van der Waals surface area contributed by atoms with Crippen LogP contribution in [-0.2, 0) is 11.2 Å². The van der Waals surface area contributed by atoms with E-state index in [1.165, 1.54) is 11.3 Å². The molecule has 1 atom stereocenters. The van der Waals surface area contributed by atoms with Gasteiger partial charge in [0.2, 0.25) is 5.91 Å². The molecule has 7 heteroatoms. The van der Waals surface area contributed by atoms with Gasteiger partial charge in [-0.3, -0.25) is 20.4 Å². The lowest BCUT2D eigenvalue weighted by molar-refractivity contribution is -0.127. The number of carbonyl (C=O) groups is 2. The van der Waals surface area contributed by atoms with Crippen LogP contribution in [0.15, 0.2) is 40.2 Å². The average Bonchev–Trinajstić information content (AvgIpc) is 2.98. The van der Waals surface area contributed by atoms with Crippen LogP contribution in [0.25, 0.3) is 0 Å². The number of amides is 2. The van der Waals surface area contributed by atoms with Crippen molar-refractivity contribution in [3.63, 3.8) is 0 Å². The molecular formula is C15H13BrN2O3S. The molecule has 1 unspecified atom stereocenters. The molecule has 0 aliphatic carbocycles. The highest BCUT2D eigenvalue weighted by Gasteiger charge is 2.26. The first-order chi connectivity index (χ1) is 10.6. The summed E-state index contributed by atoms with van der Waals surface area (Å²) in [7, 11) is 0. The van der Waals surface area contributed by atoms with Gasteiger partial charge in [0, 0.05) is 0 Å². The van der Waals surface area contributed by atoms with Crippen molar-refractivity contribution < 1.29 is 14.3 Å². The Labute approximate surface area is 139 Å². The van der Waals surface area contributed by atoms with Crippen LogP contribution >= 0.6 is 27.3 Å². The van der Waals surface area contributed by atoms with E-state index in [4.69, 9.17) is 4.74 Å². The fraction of sp³-hybridized carbons (Fsp3) is 0.200. The quantitative estimate of drug-likeness (QED) is 0.786. The Morgan fingerprint density at radius 2 is 2.00 bits per heavy atom. The first-order valence-electron chi connectivity index (χ1n) is 6.70. The zero-order chi connectivity index (χ0) is 15.5. The Morgan fingerprint density at radius 1 is 1.18 bits per heavy atom. The van der Waals surface area contributed by atoms with E-state index in [0.717, 1.165) is 15.1 Å². The van der Waals surface area contributed by atoms with Crippen LogP contribution in [0.1, 0.15) is 15.2 Å². The maximum absolute atomic E-state index is 12.1. The Morgan fingerprint density at radius 3 is 2.77 bits per heavy atom. The Bertz CT molecular complexity index is 716. The van der Waals surface area contributed by atoms with E-state index in [-0.39, 0.29) is 17.7 Å². The van der Waals surface area contributed by atoms with Gasteiger partial charge in [0.05, 0.1) is 14.6 Å². The van der Waals surface area contributed by atoms with Crippen molar-refractivity contribution in [2.45, 2.75) is 6.42 Å². The van der Waals surface area contributed by atoms with Gasteiger partial charge in [0.1, 0.15) is 12.4 Å². The lowest BCUT2D eigenvalue weighted by Gasteiger charge is -2.24. The van der Waals surface area contributed by atoms with E-state index in [1.54, 1.807) is 12.1 Å². The second-order valence-corrected chi connectivity index (χ2v) is 7.33. The highest BCUT2D eigenvalue weighted by atomic mass is 79.9. The average molecular weight is 381 g/mol. The molecule has 0 saturated carbocycles. The van der Waals surface area contributed by atoms with E-state index in [9.17, 15) is 9.59 Å². The zero-order valence-corrected chi connectivity index (χ0v) is 13.9. The molecular weight excluding hydrogens is 368 g/mol. The number of carbonyl (C=O) groups excluding carboxylic acids is 2. The highest BCUT2D eigenvalue weighted by molar-refractivity contribution is 9.11. The van der Waals surface area contributed by atoms with Gasteiger partial charge >= 0.3 is 0 Å². The lowest BCUT2D eigenvalue weighted by atomic mass is 9.96. The van der Waals surface area contributed by atoms with Crippen LogP contribution in [0.4, 0.5) is 0 Å². The molecule has 2 heterocycles. The molecule has 1 aromatic carbocycles. The highest BCUT2D eigenvalue weighted by Crippen LogP contribution is 2.26. The smallest absolute Gasteiger partial charge is 0.279 e. The van der Waals surface area contributed by atoms with Crippen LogP contribution in [0, 0.1) is 5.92 Å². The summed E-state index contributed by atoms with van der Waals surface area (Å²) in [5, 5.41) is 0. The maximum Gasteiger partial charge on any atom is 0.279 e. The Balaban J connectivity index is 1.56. The molecule has 2 aromatic rings. The molecule has 1 aromatic heterocycles. The van der Waals surface area contributed by atoms with Crippen molar-refractivity contribution >= 4 is 39.1 Å². The van der Waals surface area contributed by atoms with Gasteiger partial charge in [-0.05, 0) is 46.1 Å². The van der Waals surface area contributed by atoms with Crippen molar-refractivity contribution in [3.8, 4) is 5.75 Å². The Kier molecular flexibility index (Phi) is 4.44. The standard InChI is InChI=1S/C15H13BrN2O3S/c16-13-6-5-12(22-13)15(20)18-17-14(19)10-7-9-3-1-2-4-11(9)21-8-10/h1-6,10H,7-8H2,(H,17,19)(H,18,20).